The summed E-state index contributed by atoms with van der Waals surface area (Å²) in [6.45, 7) is 1.81. The first kappa shape index (κ1) is 21.4. The number of fused-ring (bicyclic) bond motifs is 1. The molecule has 0 spiro atoms. The van der Waals surface area contributed by atoms with Crippen molar-refractivity contribution in [2.75, 3.05) is 6.61 Å². The van der Waals surface area contributed by atoms with Crippen LogP contribution in [-0.4, -0.2) is 36.8 Å². The van der Waals surface area contributed by atoms with Gasteiger partial charge >= 0.3 is 18.1 Å². The van der Waals surface area contributed by atoms with Crippen LogP contribution in [0.2, 0.25) is 0 Å². The average Bonchev–Trinajstić information content (AvgIpc) is 3.03. The standard InChI is InChI=1S/C18H19F3N4O5/c1-3-24-13-14(23(2)17(28)25(15(13)27)8-5-9-26)22-16(24)29-11-6-4-7-12(10-11)30-18(19,20)21/h4,6-7,10,26H,3,5,8-9H2,1-2H3. The first-order valence-corrected chi connectivity index (χ1v) is 9.00. The normalized spacial score (nSPS) is 11.8. The Kier molecular flexibility index (Phi) is 5.87. The van der Waals surface area contributed by atoms with Crippen LogP contribution in [0.1, 0.15) is 13.3 Å². The van der Waals surface area contributed by atoms with E-state index in [-0.39, 0.29) is 49.0 Å². The maximum absolute atomic E-state index is 12.9. The molecular weight excluding hydrogens is 409 g/mol. The number of hydrogen-bond acceptors (Lipinski definition) is 6. The zero-order valence-electron chi connectivity index (χ0n) is 16.1. The van der Waals surface area contributed by atoms with E-state index in [1.807, 2.05) is 0 Å². The van der Waals surface area contributed by atoms with Gasteiger partial charge in [-0.2, -0.15) is 4.98 Å². The second-order valence-corrected chi connectivity index (χ2v) is 6.31. The fraction of sp³-hybridized carbons (Fsp3) is 0.389. The maximum atomic E-state index is 12.9. The van der Waals surface area contributed by atoms with Gasteiger partial charge in [0.2, 0.25) is 0 Å². The van der Waals surface area contributed by atoms with Crippen LogP contribution >= 0.6 is 0 Å². The number of aliphatic hydroxyl groups is 1. The van der Waals surface area contributed by atoms with Crippen LogP contribution in [0.3, 0.4) is 0 Å². The minimum Gasteiger partial charge on any atom is -0.425 e. The van der Waals surface area contributed by atoms with Crippen molar-refractivity contribution in [1.82, 2.24) is 18.7 Å². The van der Waals surface area contributed by atoms with Crippen LogP contribution < -0.4 is 20.7 Å². The van der Waals surface area contributed by atoms with Crippen LogP contribution in [-0.2, 0) is 20.1 Å². The van der Waals surface area contributed by atoms with E-state index < -0.39 is 23.4 Å². The second kappa shape index (κ2) is 8.22. The molecule has 0 aliphatic rings. The Morgan fingerprint density at radius 1 is 1.17 bits per heavy atom. The van der Waals surface area contributed by atoms with Crippen molar-refractivity contribution in [3.63, 3.8) is 0 Å². The summed E-state index contributed by atoms with van der Waals surface area (Å²) in [6, 6.07) is 4.80. The van der Waals surface area contributed by atoms with Crippen molar-refractivity contribution in [2.24, 2.45) is 7.05 Å². The number of rotatable bonds is 7. The highest BCUT2D eigenvalue weighted by Crippen LogP contribution is 2.29. The van der Waals surface area contributed by atoms with Crippen molar-refractivity contribution in [3.8, 4) is 17.5 Å². The van der Waals surface area contributed by atoms with Crippen LogP contribution in [0.5, 0.6) is 17.5 Å². The number of hydrogen-bond donors (Lipinski definition) is 1. The highest BCUT2D eigenvalue weighted by molar-refractivity contribution is 5.72. The smallest absolute Gasteiger partial charge is 0.425 e. The Morgan fingerprint density at radius 2 is 1.87 bits per heavy atom. The third-order valence-electron chi connectivity index (χ3n) is 4.30. The van der Waals surface area contributed by atoms with E-state index in [1.54, 1.807) is 6.92 Å². The van der Waals surface area contributed by atoms with Gasteiger partial charge in [0, 0.05) is 32.8 Å². The number of benzene rings is 1. The number of aryl methyl sites for hydroxylation is 2. The van der Waals surface area contributed by atoms with Gasteiger partial charge in [-0.25, -0.2) is 4.79 Å². The fourth-order valence-corrected chi connectivity index (χ4v) is 2.99. The van der Waals surface area contributed by atoms with Crippen LogP contribution in [0.4, 0.5) is 13.2 Å². The van der Waals surface area contributed by atoms with E-state index in [0.717, 1.165) is 16.7 Å². The molecule has 0 saturated carbocycles. The maximum Gasteiger partial charge on any atom is 0.573 e. The first-order chi connectivity index (χ1) is 14.2. The van der Waals surface area contributed by atoms with Gasteiger partial charge in [-0.05, 0) is 25.5 Å². The molecule has 0 amide bonds. The predicted molar refractivity (Wildman–Crippen MR) is 99.8 cm³/mol. The van der Waals surface area contributed by atoms with E-state index in [9.17, 15) is 22.8 Å². The lowest BCUT2D eigenvalue weighted by molar-refractivity contribution is -0.274. The lowest BCUT2D eigenvalue weighted by atomic mass is 10.3. The van der Waals surface area contributed by atoms with E-state index in [2.05, 4.69) is 9.72 Å². The molecule has 1 N–H and O–H groups in total. The molecule has 0 atom stereocenters. The van der Waals surface area contributed by atoms with E-state index in [4.69, 9.17) is 9.84 Å². The molecule has 2 aromatic heterocycles. The molecule has 0 aliphatic carbocycles. The van der Waals surface area contributed by atoms with Crippen LogP contribution in [0.15, 0.2) is 33.9 Å². The van der Waals surface area contributed by atoms with E-state index in [0.29, 0.717) is 0 Å². The highest BCUT2D eigenvalue weighted by Gasteiger charge is 2.31. The van der Waals surface area contributed by atoms with Gasteiger partial charge in [0.1, 0.15) is 11.5 Å². The molecule has 3 rings (SSSR count). The summed E-state index contributed by atoms with van der Waals surface area (Å²) in [7, 11) is 1.44. The quantitative estimate of drug-likeness (QED) is 0.618. The van der Waals surface area contributed by atoms with Gasteiger partial charge in [0.25, 0.3) is 5.56 Å². The Hall–Kier alpha value is -3.28. The van der Waals surface area contributed by atoms with Crippen molar-refractivity contribution in [1.29, 1.82) is 0 Å². The fourth-order valence-electron chi connectivity index (χ4n) is 2.99. The topological polar surface area (TPSA) is 101 Å². The van der Waals surface area contributed by atoms with Crippen molar-refractivity contribution < 1.29 is 27.8 Å². The number of aliphatic hydroxyl groups excluding tert-OH is 1. The molecule has 0 bridgehead atoms. The van der Waals surface area contributed by atoms with Crippen LogP contribution in [0, 0.1) is 0 Å². The number of aromatic nitrogens is 4. The first-order valence-electron chi connectivity index (χ1n) is 9.00. The van der Waals surface area contributed by atoms with Gasteiger partial charge in [0.15, 0.2) is 11.2 Å². The summed E-state index contributed by atoms with van der Waals surface area (Å²) >= 11 is 0. The van der Waals surface area contributed by atoms with Gasteiger partial charge in [0.05, 0.1) is 0 Å². The molecule has 0 radical (unpaired) electrons. The molecular formula is C18H19F3N4O5. The molecule has 0 aliphatic heterocycles. The molecule has 30 heavy (non-hydrogen) atoms. The second-order valence-electron chi connectivity index (χ2n) is 6.31. The zero-order valence-corrected chi connectivity index (χ0v) is 16.1. The van der Waals surface area contributed by atoms with Gasteiger partial charge < -0.3 is 14.6 Å². The van der Waals surface area contributed by atoms with Gasteiger partial charge in [-0.3, -0.25) is 18.5 Å². The summed E-state index contributed by atoms with van der Waals surface area (Å²) in [5, 5.41) is 9.01. The monoisotopic (exact) mass is 428 g/mol. The number of ether oxygens (including phenoxy) is 2. The Morgan fingerprint density at radius 3 is 2.50 bits per heavy atom. The zero-order chi connectivity index (χ0) is 22.1. The lowest BCUT2D eigenvalue weighted by Gasteiger charge is -2.11. The number of imidazole rings is 1. The molecule has 9 nitrogen and oxygen atoms in total. The molecule has 0 saturated heterocycles. The summed E-state index contributed by atoms with van der Waals surface area (Å²) in [5.41, 5.74) is -1.02. The minimum absolute atomic E-state index is 0.00682. The summed E-state index contributed by atoms with van der Waals surface area (Å²) in [6.07, 6.45) is -4.64. The molecule has 2 heterocycles. The Bertz CT molecular complexity index is 1180. The number of alkyl halides is 3. The van der Waals surface area contributed by atoms with Crippen molar-refractivity contribution in [2.45, 2.75) is 32.8 Å². The highest BCUT2D eigenvalue weighted by atomic mass is 19.4. The van der Waals surface area contributed by atoms with E-state index >= 15 is 0 Å². The van der Waals surface area contributed by atoms with Gasteiger partial charge in [-0.1, -0.05) is 6.07 Å². The summed E-state index contributed by atoms with van der Waals surface area (Å²) in [4.78, 5) is 29.6. The average molecular weight is 428 g/mol. The van der Waals surface area contributed by atoms with E-state index in [1.165, 1.54) is 28.3 Å². The SMILES string of the molecule is CCn1c(Oc2cccc(OC(F)(F)F)c2)nc2c1c(=O)n(CCCO)c(=O)n2C. The third kappa shape index (κ3) is 4.17. The molecule has 3 aromatic rings. The minimum atomic E-state index is -4.85. The number of halogens is 3. The van der Waals surface area contributed by atoms with Crippen LogP contribution in [0.25, 0.3) is 11.2 Å². The molecule has 0 fully saturated rings. The molecule has 162 valence electrons. The largest absolute Gasteiger partial charge is 0.573 e. The predicted octanol–water partition coefficient (Wildman–Crippen LogP) is 1.99. The number of nitrogens with zero attached hydrogens (tertiary/aromatic N) is 4. The van der Waals surface area contributed by atoms with Gasteiger partial charge in [-0.15, -0.1) is 13.2 Å². The lowest BCUT2D eigenvalue weighted by Crippen LogP contribution is -2.39. The van der Waals surface area contributed by atoms with Crippen molar-refractivity contribution in [3.05, 3.63) is 45.1 Å². The van der Waals surface area contributed by atoms with Crippen molar-refractivity contribution >= 4 is 11.2 Å². The Labute approximate surface area is 167 Å². The third-order valence-corrected chi connectivity index (χ3v) is 4.30. The Balaban J connectivity index is 2.09. The molecule has 12 heteroatoms. The molecule has 0 unspecified atom stereocenters. The summed E-state index contributed by atoms with van der Waals surface area (Å²) < 4.78 is 50.4. The molecule has 1 aromatic carbocycles. The summed E-state index contributed by atoms with van der Waals surface area (Å²) in [5.74, 6) is -0.467.